The average molecular weight is 387 g/mol. The summed E-state index contributed by atoms with van der Waals surface area (Å²) in [4.78, 5) is 33.1. The smallest absolute Gasteiger partial charge is 0.307 e. The molecule has 6 heteroatoms. The van der Waals surface area contributed by atoms with Crippen LogP contribution in [0.5, 0.6) is 0 Å². The van der Waals surface area contributed by atoms with Crippen molar-refractivity contribution >= 4 is 18.2 Å². The SMILES string of the molecule is C[N+](C)(C)C[C@@H](CC(=O)O)OC(=O)CCCCCCCCCCCCC=O. The number of esters is 1. The Hall–Kier alpha value is -1.43. The standard InChI is InChI=1S/C21H39NO5/c1-22(2,3)18-19(17-20(24)25)27-21(26)15-13-11-9-7-5-4-6-8-10-12-14-16-23/h16,19H,4-15,17-18H2,1-3H3/p+1/t19-/m1/s1. The molecule has 0 aromatic carbocycles. The molecule has 27 heavy (non-hydrogen) atoms. The van der Waals surface area contributed by atoms with Crippen molar-refractivity contribution in [1.29, 1.82) is 0 Å². The highest BCUT2D eigenvalue weighted by molar-refractivity contribution is 5.71. The molecule has 1 N–H and O–H groups in total. The third-order valence-corrected chi connectivity index (χ3v) is 4.40. The second-order valence-corrected chi connectivity index (χ2v) is 8.42. The molecule has 0 aliphatic heterocycles. The van der Waals surface area contributed by atoms with Gasteiger partial charge in [-0.15, -0.1) is 0 Å². The number of aliphatic carboxylic acids is 1. The number of likely N-dealkylation sites (N-methyl/N-ethyl adjacent to an activating group) is 1. The van der Waals surface area contributed by atoms with E-state index in [2.05, 4.69) is 0 Å². The van der Waals surface area contributed by atoms with Crippen LogP contribution in [0.2, 0.25) is 0 Å². The number of quaternary nitrogens is 1. The topological polar surface area (TPSA) is 80.7 Å². The quantitative estimate of drug-likeness (QED) is 0.167. The zero-order valence-electron chi connectivity index (χ0n) is 17.6. The first kappa shape index (κ1) is 25.6. The lowest BCUT2D eigenvalue weighted by Gasteiger charge is -2.28. The maximum Gasteiger partial charge on any atom is 0.307 e. The number of ether oxygens (including phenoxy) is 1. The lowest BCUT2D eigenvalue weighted by atomic mass is 10.1. The Kier molecular flexibility index (Phi) is 14.8. The van der Waals surface area contributed by atoms with E-state index < -0.39 is 12.1 Å². The minimum absolute atomic E-state index is 0.142. The zero-order valence-corrected chi connectivity index (χ0v) is 17.6. The van der Waals surface area contributed by atoms with E-state index in [1.54, 1.807) is 0 Å². The Bertz CT molecular complexity index is 417. The number of rotatable bonds is 18. The molecule has 0 unspecified atom stereocenters. The van der Waals surface area contributed by atoms with E-state index in [0.29, 0.717) is 23.9 Å². The summed E-state index contributed by atoms with van der Waals surface area (Å²) in [6.45, 7) is 0.493. The van der Waals surface area contributed by atoms with Crippen LogP contribution in [0.25, 0.3) is 0 Å². The van der Waals surface area contributed by atoms with Gasteiger partial charge in [0.05, 0.1) is 27.6 Å². The van der Waals surface area contributed by atoms with Crippen molar-refractivity contribution in [1.82, 2.24) is 0 Å². The third kappa shape index (κ3) is 19.1. The molecule has 0 heterocycles. The van der Waals surface area contributed by atoms with Crippen molar-refractivity contribution in [2.45, 2.75) is 89.6 Å². The van der Waals surface area contributed by atoms with Gasteiger partial charge >= 0.3 is 11.9 Å². The van der Waals surface area contributed by atoms with Crippen LogP contribution in [0.1, 0.15) is 83.5 Å². The fourth-order valence-electron chi connectivity index (χ4n) is 3.11. The van der Waals surface area contributed by atoms with Gasteiger partial charge in [0.1, 0.15) is 12.8 Å². The fourth-order valence-corrected chi connectivity index (χ4v) is 3.11. The number of unbranched alkanes of at least 4 members (excludes halogenated alkanes) is 10. The molecular formula is C21H40NO5+. The molecule has 0 aliphatic rings. The number of nitrogens with zero attached hydrogens (tertiary/aromatic N) is 1. The fraction of sp³-hybridized carbons (Fsp3) is 0.857. The highest BCUT2D eigenvalue weighted by atomic mass is 16.5. The Morgan fingerprint density at radius 1 is 0.889 bits per heavy atom. The van der Waals surface area contributed by atoms with Crippen LogP contribution in [0.3, 0.4) is 0 Å². The number of carboxylic acids is 1. The first-order valence-electron chi connectivity index (χ1n) is 10.4. The van der Waals surface area contributed by atoms with Crippen molar-refractivity contribution in [2.75, 3.05) is 27.7 Å². The van der Waals surface area contributed by atoms with Gasteiger partial charge in [-0.25, -0.2) is 0 Å². The number of carboxylic acid groups (broad SMARTS) is 1. The predicted octanol–water partition coefficient (Wildman–Crippen LogP) is 3.96. The molecule has 0 fully saturated rings. The summed E-state index contributed by atoms with van der Waals surface area (Å²) >= 11 is 0. The number of carbonyl (C=O) groups excluding carboxylic acids is 2. The normalized spacial score (nSPS) is 12.6. The number of hydrogen-bond acceptors (Lipinski definition) is 4. The molecule has 0 saturated carbocycles. The van der Waals surface area contributed by atoms with E-state index in [4.69, 9.17) is 9.84 Å². The van der Waals surface area contributed by atoms with E-state index in [1.165, 1.54) is 32.1 Å². The number of aldehydes is 1. The van der Waals surface area contributed by atoms with E-state index in [1.807, 2.05) is 21.1 Å². The predicted molar refractivity (Wildman–Crippen MR) is 107 cm³/mol. The molecule has 0 bridgehead atoms. The lowest BCUT2D eigenvalue weighted by molar-refractivity contribution is -0.873. The molecule has 0 spiro atoms. The zero-order chi connectivity index (χ0) is 20.5. The summed E-state index contributed by atoms with van der Waals surface area (Å²) in [6.07, 6.45) is 12.5. The Morgan fingerprint density at radius 3 is 1.81 bits per heavy atom. The largest absolute Gasteiger partial charge is 0.481 e. The summed E-state index contributed by atoms with van der Waals surface area (Å²) in [5.74, 6) is -1.23. The van der Waals surface area contributed by atoms with Gasteiger partial charge < -0.3 is 19.1 Å². The van der Waals surface area contributed by atoms with Crippen LogP contribution in [0, 0.1) is 0 Å². The van der Waals surface area contributed by atoms with Gasteiger partial charge in [0.2, 0.25) is 0 Å². The molecule has 0 saturated heterocycles. The molecule has 0 aromatic rings. The van der Waals surface area contributed by atoms with Gasteiger partial charge in [-0.3, -0.25) is 9.59 Å². The van der Waals surface area contributed by atoms with Gasteiger partial charge in [-0.05, 0) is 12.8 Å². The molecule has 0 rings (SSSR count). The van der Waals surface area contributed by atoms with Crippen LogP contribution < -0.4 is 0 Å². The van der Waals surface area contributed by atoms with Gasteiger partial charge in [0.25, 0.3) is 0 Å². The highest BCUT2D eigenvalue weighted by Crippen LogP contribution is 2.13. The van der Waals surface area contributed by atoms with Gasteiger partial charge in [-0.1, -0.05) is 51.4 Å². The molecule has 0 aromatic heterocycles. The van der Waals surface area contributed by atoms with Crippen molar-refractivity contribution < 1.29 is 28.7 Å². The van der Waals surface area contributed by atoms with Gasteiger partial charge in [0, 0.05) is 12.8 Å². The third-order valence-electron chi connectivity index (χ3n) is 4.40. The van der Waals surface area contributed by atoms with E-state index >= 15 is 0 Å². The molecule has 1 atom stereocenters. The highest BCUT2D eigenvalue weighted by Gasteiger charge is 2.24. The molecule has 0 amide bonds. The molecule has 0 radical (unpaired) electrons. The maximum atomic E-state index is 12.0. The minimum Gasteiger partial charge on any atom is -0.481 e. The van der Waals surface area contributed by atoms with E-state index in [-0.39, 0.29) is 12.4 Å². The molecule has 158 valence electrons. The molecule has 6 nitrogen and oxygen atoms in total. The van der Waals surface area contributed by atoms with Crippen molar-refractivity contribution in [3.63, 3.8) is 0 Å². The summed E-state index contributed by atoms with van der Waals surface area (Å²) in [5.41, 5.74) is 0. The van der Waals surface area contributed by atoms with Crippen LogP contribution in [-0.2, 0) is 19.1 Å². The summed E-state index contributed by atoms with van der Waals surface area (Å²) in [6, 6.07) is 0. The summed E-state index contributed by atoms with van der Waals surface area (Å²) in [5, 5.41) is 8.97. The second kappa shape index (κ2) is 15.6. The van der Waals surface area contributed by atoms with Crippen LogP contribution in [0.15, 0.2) is 0 Å². The van der Waals surface area contributed by atoms with Crippen molar-refractivity contribution in [3.05, 3.63) is 0 Å². The van der Waals surface area contributed by atoms with Crippen LogP contribution in [-0.4, -0.2) is 61.6 Å². The Balaban J connectivity index is 3.68. The Morgan fingerprint density at radius 2 is 1.37 bits per heavy atom. The first-order valence-corrected chi connectivity index (χ1v) is 10.4. The maximum absolute atomic E-state index is 12.0. The van der Waals surface area contributed by atoms with Crippen LogP contribution >= 0.6 is 0 Å². The monoisotopic (exact) mass is 386 g/mol. The van der Waals surface area contributed by atoms with Crippen molar-refractivity contribution in [3.8, 4) is 0 Å². The average Bonchev–Trinajstić information content (AvgIpc) is 2.53. The molecule has 0 aliphatic carbocycles. The van der Waals surface area contributed by atoms with E-state index in [9.17, 15) is 14.4 Å². The lowest BCUT2D eigenvalue weighted by Crippen LogP contribution is -2.43. The molecular weight excluding hydrogens is 346 g/mol. The number of carbonyl (C=O) groups is 3. The Labute approximate surface area is 164 Å². The number of hydrogen-bond donors (Lipinski definition) is 1. The summed E-state index contributed by atoms with van der Waals surface area (Å²) in [7, 11) is 5.86. The van der Waals surface area contributed by atoms with Gasteiger partial charge in [0.15, 0.2) is 6.10 Å². The van der Waals surface area contributed by atoms with Crippen molar-refractivity contribution in [2.24, 2.45) is 0 Å². The first-order chi connectivity index (χ1) is 12.7. The van der Waals surface area contributed by atoms with Crippen LogP contribution in [0.4, 0.5) is 0 Å². The van der Waals surface area contributed by atoms with Gasteiger partial charge in [-0.2, -0.15) is 0 Å². The van der Waals surface area contributed by atoms with E-state index in [0.717, 1.165) is 38.4 Å². The summed E-state index contributed by atoms with van der Waals surface area (Å²) < 4.78 is 5.94. The minimum atomic E-state index is -0.940. The second-order valence-electron chi connectivity index (χ2n) is 8.42.